The van der Waals surface area contributed by atoms with Crippen molar-refractivity contribution in [2.75, 3.05) is 51.3 Å². The van der Waals surface area contributed by atoms with Crippen LogP contribution in [0.5, 0.6) is 11.5 Å². The summed E-state index contributed by atoms with van der Waals surface area (Å²) >= 11 is 0. The number of para-hydroxylation sites is 1. The summed E-state index contributed by atoms with van der Waals surface area (Å²) in [5, 5.41) is 0. The number of benzene rings is 2. The fourth-order valence-corrected chi connectivity index (χ4v) is 2.83. The van der Waals surface area contributed by atoms with Crippen molar-refractivity contribution in [3.8, 4) is 11.5 Å². The second-order valence-electron chi connectivity index (χ2n) is 5.69. The van der Waals surface area contributed by atoms with Gasteiger partial charge in [0.15, 0.2) is 0 Å². The molecule has 0 N–H and O–H groups in total. The van der Waals surface area contributed by atoms with Crippen molar-refractivity contribution in [1.29, 1.82) is 0 Å². The van der Waals surface area contributed by atoms with Crippen LogP contribution in [0.3, 0.4) is 0 Å². The predicted octanol–water partition coefficient (Wildman–Crippen LogP) is 2.90. The van der Waals surface area contributed by atoms with Gasteiger partial charge in [-0.1, -0.05) is 18.2 Å². The van der Waals surface area contributed by atoms with Crippen LogP contribution < -0.4 is 14.4 Å². The molecular formula is C19H24N2O2. The fraction of sp³-hybridized carbons (Fsp3) is 0.368. The molecular weight excluding hydrogens is 288 g/mol. The van der Waals surface area contributed by atoms with Crippen LogP contribution in [0, 0.1) is 0 Å². The Morgan fingerprint density at radius 1 is 0.826 bits per heavy atom. The third kappa shape index (κ3) is 4.39. The van der Waals surface area contributed by atoms with Gasteiger partial charge in [0.05, 0.1) is 7.11 Å². The van der Waals surface area contributed by atoms with Gasteiger partial charge < -0.3 is 14.4 Å². The molecule has 0 radical (unpaired) electrons. The van der Waals surface area contributed by atoms with Gasteiger partial charge in [-0.2, -0.15) is 0 Å². The van der Waals surface area contributed by atoms with Gasteiger partial charge in [0.1, 0.15) is 18.1 Å². The quantitative estimate of drug-likeness (QED) is 0.819. The first kappa shape index (κ1) is 15.7. The van der Waals surface area contributed by atoms with E-state index in [0.717, 1.165) is 50.8 Å². The minimum absolute atomic E-state index is 0.743. The molecule has 0 unspecified atom stereocenters. The van der Waals surface area contributed by atoms with E-state index < -0.39 is 0 Å². The van der Waals surface area contributed by atoms with Gasteiger partial charge in [-0.25, -0.2) is 0 Å². The highest BCUT2D eigenvalue weighted by molar-refractivity contribution is 5.49. The lowest BCUT2D eigenvalue weighted by molar-refractivity contribution is 0.200. The van der Waals surface area contributed by atoms with Gasteiger partial charge in [-0.3, -0.25) is 4.90 Å². The minimum atomic E-state index is 0.743. The number of hydrogen-bond donors (Lipinski definition) is 0. The average Bonchev–Trinajstić information content (AvgIpc) is 2.63. The number of nitrogens with zero attached hydrogens (tertiary/aromatic N) is 2. The summed E-state index contributed by atoms with van der Waals surface area (Å²) in [6, 6.07) is 18.3. The van der Waals surface area contributed by atoms with Crippen LogP contribution >= 0.6 is 0 Å². The molecule has 1 heterocycles. The van der Waals surface area contributed by atoms with E-state index in [1.165, 1.54) is 5.69 Å². The molecule has 23 heavy (non-hydrogen) atoms. The summed E-state index contributed by atoms with van der Waals surface area (Å²) in [7, 11) is 1.70. The maximum atomic E-state index is 5.78. The second kappa shape index (κ2) is 7.88. The van der Waals surface area contributed by atoms with Crippen molar-refractivity contribution < 1.29 is 9.47 Å². The van der Waals surface area contributed by atoms with Gasteiger partial charge in [0.25, 0.3) is 0 Å². The van der Waals surface area contributed by atoms with Crippen molar-refractivity contribution in [1.82, 2.24) is 4.90 Å². The lowest BCUT2D eigenvalue weighted by Crippen LogP contribution is -2.47. The SMILES string of the molecule is COc1ccc(N2CCN(CCOc3ccccc3)CC2)cc1. The number of ether oxygens (including phenoxy) is 2. The summed E-state index contributed by atoms with van der Waals surface area (Å²) in [6.07, 6.45) is 0. The number of methoxy groups -OCH3 is 1. The first-order valence-electron chi connectivity index (χ1n) is 8.14. The monoisotopic (exact) mass is 312 g/mol. The van der Waals surface area contributed by atoms with E-state index in [2.05, 4.69) is 21.9 Å². The molecule has 1 fully saturated rings. The predicted molar refractivity (Wildman–Crippen MR) is 93.6 cm³/mol. The van der Waals surface area contributed by atoms with Crippen molar-refractivity contribution in [2.45, 2.75) is 0 Å². The third-order valence-electron chi connectivity index (χ3n) is 4.23. The lowest BCUT2D eigenvalue weighted by Gasteiger charge is -2.36. The van der Waals surface area contributed by atoms with E-state index in [1.54, 1.807) is 7.11 Å². The highest BCUT2D eigenvalue weighted by Crippen LogP contribution is 2.20. The second-order valence-corrected chi connectivity index (χ2v) is 5.69. The molecule has 2 aromatic carbocycles. The van der Waals surface area contributed by atoms with Crippen LogP contribution in [0.25, 0.3) is 0 Å². The van der Waals surface area contributed by atoms with Gasteiger partial charge in [-0.15, -0.1) is 0 Å². The number of hydrogen-bond acceptors (Lipinski definition) is 4. The van der Waals surface area contributed by atoms with Crippen LogP contribution in [0.15, 0.2) is 54.6 Å². The molecule has 0 aromatic heterocycles. The van der Waals surface area contributed by atoms with Gasteiger partial charge in [-0.05, 0) is 36.4 Å². The van der Waals surface area contributed by atoms with E-state index in [1.807, 2.05) is 42.5 Å². The largest absolute Gasteiger partial charge is 0.497 e. The van der Waals surface area contributed by atoms with Crippen LogP contribution in [-0.2, 0) is 0 Å². The zero-order chi connectivity index (χ0) is 15.9. The van der Waals surface area contributed by atoms with E-state index >= 15 is 0 Å². The van der Waals surface area contributed by atoms with E-state index in [-0.39, 0.29) is 0 Å². The molecule has 1 saturated heterocycles. The normalized spacial score (nSPS) is 15.4. The molecule has 0 spiro atoms. The molecule has 0 aliphatic carbocycles. The summed E-state index contributed by atoms with van der Waals surface area (Å²) in [5.41, 5.74) is 1.27. The van der Waals surface area contributed by atoms with Gasteiger partial charge >= 0.3 is 0 Å². The Morgan fingerprint density at radius 2 is 1.52 bits per heavy atom. The van der Waals surface area contributed by atoms with E-state index in [4.69, 9.17) is 9.47 Å². The summed E-state index contributed by atoms with van der Waals surface area (Å²) < 4.78 is 11.0. The van der Waals surface area contributed by atoms with E-state index in [0.29, 0.717) is 0 Å². The van der Waals surface area contributed by atoms with Crippen molar-refractivity contribution in [2.24, 2.45) is 0 Å². The summed E-state index contributed by atoms with van der Waals surface area (Å²) in [4.78, 5) is 4.89. The van der Waals surface area contributed by atoms with Gasteiger partial charge in [0, 0.05) is 38.4 Å². The standard InChI is InChI=1S/C19H24N2O2/c1-22-18-9-7-17(8-10-18)21-13-11-20(12-14-21)15-16-23-19-5-3-2-4-6-19/h2-10H,11-16H2,1H3. The first-order chi connectivity index (χ1) is 11.3. The topological polar surface area (TPSA) is 24.9 Å². The molecule has 0 saturated carbocycles. The van der Waals surface area contributed by atoms with Crippen molar-refractivity contribution >= 4 is 5.69 Å². The molecule has 4 heteroatoms. The van der Waals surface area contributed by atoms with Gasteiger partial charge in [0.2, 0.25) is 0 Å². The Balaban J connectivity index is 1.41. The number of rotatable bonds is 6. The van der Waals surface area contributed by atoms with Crippen LogP contribution in [0.4, 0.5) is 5.69 Å². The maximum Gasteiger partial charge on any atom is 0.119 e. The first-order valence-corrected chi connectivity index (χ1v) is 8.14. The average molecular weight is 312 g/mol. The molecule has 0 amide bonds. The zero-order valence-corrected chi connectivity index (χ0v) is 13.6. The molecule has 2 aromatic rings. The Kier molecular flexibility index (Phi) is 5.37. The summed E-state index contributed by atoms with van der Waals surface area (Å²) in [5.74, 6) is 1.86. The lowest BCUT2D eigenvalue weighted by atomic mass is 10.2. The molecule has 3 rings (SSSR count). The molecule has 122 valence electrons. The van der Waals surface area contributed by atoms with Crippen LogP contribution in [-0.4, -0.2) is 51.3 Å². The van der Waals surface area contributed by atoms with Crippen molar-refractivity contribution in [3.05, 3.63) is 54.6 Å². The van der Waals surface area contributed by atoms with Crippen molar-refractivity contribution in [3.63, 3.8) is 0 Å². The summed E-state index contributed by atoms with van der Waals surface area (Å²) in [6.45, 7) is 5.97. The Labute approximate surface area is 138 Å². The smallest absolute Gasteiger partial charge is 0.119 e. The Bertz CT molecular complexity index is 578. The highest BCUT2D eigenvalue weighted by atomic mass is 16.5. The van der Waals surface area contributed by atoms with Crippen LogP contribution in [0.2, 0.25) is 0 Å². The molecule has 0 atom stereocenters. The Hall–Kier alpha value is -2.20. The number of piperazine rings is 1. The molecule has 4 nitrogen and oxygen atoms in total. The molecule has 0 bridgehead atoms. The van der Waals surface area contributed by atoms with E-state index in [9.17, 15) is 0 Å². The minimum Gasteiger partial charge on any atom is -0.497 e. The fourth-order valence-electron chi connectivity index (χ4n) is 2.83. The Morgan fingerprint density at radius 3 is 2.17 bits per heavy atom. The maximum absolute atomic E-state index is 5.78. The zero-order valence-electron chi connectivity index (χ0n) is 13.6. The third-order valence-corrected chi connectivity index (χ3v) is 4.23. The number of anilines is 1. The highest BCUT2D eigenvalue weighted by Gasteiger charge is 2.17. The van der Waals surface area contributed by atoms with Crippen LogP contribution in [0.1, 0.15) is 0 Å². The molecule has 1 aliphatic rings. The molecule has 1 aliphatic heterocycles.